The number of benzene rings is 2. The van der Waals surface area contributed by atoms with Crippen molar-refractivity contribution in [1.29, 1.82) is 0 Å². The minimum atomic E-state index is -4.74. The molecule has 0 bridgehead atoms. The van der Waals surface area contributed by atoms with Gasteiger partial charge in [-0.2, -0.15) is 8.78 Å². The van der Waals surface area contributed by atoms with Crippen molar-refractivity contribution in [1.82, 2.24) is 4.90 Å². The smallest absolute Gasteiger partial charge is 0.491 e. The fraction of sp³-hybridized carbons (Fsp3) is 0.455. The predicted molar refractivity (Wildman–Crippen MR) is 107 cm³/mol. The Bertz CT molecular complexity index is 799. The molecule has 31 heavy (non-hydrogen) atoms. The zero-order valence-corrected chi connectivity index (χ0v) is 17.4. The molecule has 1 unspecified atom stereocenters. The highest BCUT2D eigenvalue weighted by Crippen LogP contribution is 2.24. The summed E-state index contributed by atoms with van der Waals surface area (Å²) in [7, 11) is 3.53. The third kappa shape index (κ3) is 9.97. The van der Waals surface area contributed by atoms with Crippen LogP contribution in [0.25, 0.3) is 0 Å². The third-order valence-corrected chi connectivity index (χ3v) is 4.40. The van der Waals surface area contributed by atoms with Gasteiger partial charge in [0.05, 0.1) is 0 Å². The summed E-state index contributed by atoms with van der Waals surface area (Å²) in [5.41, 5.74) is 1.58. The fourth-order valence-electron chi connectivity index (χ4n) is 2.96. The summed E-state index contributed by atoms with van der Waals surface area (Å²) in [5, 5.41) is 0. The van der Waals surface area contributed by atoms with Crippen molar-refractivity contribution in [2.75, 3.05) is 27.2 Å². The van der Waals surface area contributed by atoms with Crippen molar-refractivity contribution in [3.63, 3.8) is 0 Å². The van der Waals surface area contributed by atoms with Crippen molar-refractivity contribution in [3.8, 4) is 11.5 Å². The highest BCUT2D eigenvalue weighted by Gasteiger charge is 2.33. The summed E-state index contributed by atoms with van der Waals surface area (Å²) in [4.78, 5) is 1.77. The maximum Gasteiger partial charge on any atom is 0.522 e. The molecule has 4 nitrogen and oxygen atoms in total. The summed E-state index contributed by atoms with van der Waals surface area (Å²) in [5.74, 6) is 0.535. The van der Waals surface area contributed by atoms with Gasteiger partial charge in [0.1, 0.15) is 24.2 Å². The van der Waals surface area contributed by atoms with Gasteiger partial charge in [-0.05, 0) is 62.7 Å². The Morgan fingerprint density at radius 2 is 1.71 bits per heavy atom. The molecule has 0 aromatic heterocycles. The average molecular weight is 447 g/mol. The Hall–Kier alpha value is -2.39. The maximum atomic E-state index is 12.7. The third-order valence-electron chi connectivity index (χ3n) is 4.40. The Morgan fingerprint density at radius 1 is 0.968 bits per heavy atom. The van der Waals surface area contributed by atoms with Crippen molar-refractivity contribution < 1.29 is 36.2 Å². The number of halogens is 5. The summed E-state index contributed by atoms with van der Waals surface area (Å²) in [6.07, 6.45) is -4.70. The number of ether oxygens (including phenoxy) is 3. The zero-order valence-electron chi connectivity index (χ0n) is 17.4. The van der Waals surface area contributed by atoms with E-state index in [9.17, 15) is 22.0 Å². The van der Waals surface area contributed by atoms with Crippen LogP contribution < -0.4 is 9.47 Å². The molecular weight excluding hydrogens is 421 g/mol. The normalized spacial score (nSPS) is 12.9. The second-order valence-corrected chi connectivity index (χ2v) is 7.22. The molecule has 2 aromatic carbocycles. The molecule has 0 amide bonds. The number of aryl methyl sites for hydroxylation is 2. The first-order valence-electron chi connectivity index (χ1n) is 9.76. The van der Waals surface area contributed by atoms with Crippen LogP contribution in [0.2, 0.25) is 0 Å². The van der Waals surface area contributed by atoms with Crippen LogP contribution in [0, 0.1) is 0 Å². The number of rotatable bonds is 12. The molecule has 0 N–H and O–H groups in total. The molecule has 0 fully saturated rings. The molecule has 2 aromatic rings. The van der Waals surface area contributed by atoms with Gasteiger partial charge < -0.3 is 14.4 Å². The fourth-order valence-corrected chi connectivity index (χ4v) is 2.96. The van der Waals surface area contributed by atoms with Crippen molar-refractivity contribution in [2.45, 2.75) is 38.3 Å². The summed E-state index contributed by atoms with van der Waals surface area (Å²) >= 11 is 0. The van der Waals surface area contributed by atoms with E-state index in [-0.39, 0.29) is 18.8 Å². The topological polar surface area (TPSA) is 30.9 Å². The van der Waals surface area contributed by atoms with E-state index in [4.69, 9.17) is 4.74 Å². The largest absolute Gasteiger partial charge is 0.522 e. The van der Waals surface area contributed by atoms with Crippen molar-refractivity contribution in [3.05, 3.63) is 59.7 Å². The molecular formula is C22H26F5NO3. The first-order chi connectivity index (χ1) is 14.6. The van der Waals surface area contributed by atoms with Crippen LogP contribution in [0.4, 0.5) is 22.0 Å². The highest BCUT2D eigenvalue weighted by atomic mass is 19.4. The minimum Gasteiger partial charge on any atom is -0.491 e. The molecule has 1 atom stereocenters. The quantitative estimate of drug-likeness (QED) is 0.413. The van der Waals surface area contributed by atoms with E-state index in [1.165, 1.54) is 12.1 Å². The van der Waals surface area contributed by atoms with Crippen LogP contribution in [-0.2, 0) is 17.6 Å². The average Bonchev–Trinajstić information content (AvgIpc) is 2.68. The number of nitrogens with zero attached hydrogens (tertiary/aromatic N) is 1. The van der Waals surface area contributed by atoms with Crippen LogP contribution in [-0.4, -0.2) is 51.2 Å². The second-order valence-electron chi connectivity index (χ2n) is 7.22. The molecule has 9 heteroatoms. The lowest BCUT2D eigenvalue weighted by Crippen LogP contribution is -2.32. The molecule has 0 saturated carbocycles. The molecule has 0 aliphatic carbocycles. The van der Waals surface area contributed by atoms with E-state index >= 15 is 0 Å². The van der Waals surface area contributed by atoms with Gasteiger partial charge in [-0.15, -0.1) is 13.2 Å². The van der Waals surface area contributed by atoms with E-state index in [0.29, 0.717) is 25.1 Å². The van der Waals surface area contributed by atoms with Crippen LogP contribution in [0.5, 0.6) is 11.5 Å². The molecule has 2 rings (SSSR count). The number of alkyl halides is 5. The van der Waals surface area contributed by atoms with Crippen molar-refractivity contribution in [2.24, 2.45) is 0 Å². The standard InChI is InChI=1S/C22H26F5NO3/c1-28(2)13-12-19(31-22(25,26)27)15-29-20-9-4-3-7-17(20)11-10-16-6-5-8-18(14-16)30-21(23)24/h3-9,14,19,21H,10-13,15H2,1-2H3. The Morgan fingerprint density at radius 3 is 2.39 bits per heavy atom. The SMILES string of the molecule is CN(C)CCC(COc1ccccc1CCc1cccc(OC(F)F)c1)OC(F)(F)F. The molecule has 0 aliphatic rings. The Kier molecular flexibility index (Phi) is 9.51. The van der Waals surface area contributed by atoms with E-state index in [1.807, 2.05) is 6.07 Å². The first kappa shape index (κ1) is 24.9. The van der Waals surface area contributed by atoms with Crippen LogP contribution in [0.3, 0.4) is 0 Å². The molecule has 0 saturated heterocycles. The van der Waals surface area contributed by atoms with Crippen LogP contribution in [0.1, 0.15) is 17.5 Å². The van der Waals surface area contributed by atoms with E-state index in [0.717, 1.165) is 11.1 Å². The monoisotopic (exact) mass is 447 g/mol. The lowest BCUT2D eigenvalue weighted by Gasteiger charge is -2.22. The number of para-hydroxylation sites is 1. The lowest BCUT2D eigenvalue weighted by atomic mass is 10.0. The van der Waals surface area contributed by atoms with Gasteiger partial charge in [0.2, 0.25) is 0 Å². The van der Waals surface area contributed by atoms with Gasteiger partial charge in [-0.1, -0.05) is 30.3 Å². The lowest BCUT2D eigenvalue weighted by molar-refractivity contribution is -0.345. The van der Waals surface area contributed by atoms with Gasteiger partial charge >= 0.3 is 13.0 Å². The van der Waals surface area contributed by atoms with Crippen molar-refractivity contribution >= 4 is 0 Å². The van der Waals surface area contributed by atoms with Crippen LogP contribution >= 0.6 is 0 Å². The predicted octanol–water partition coefficient (Wildman–Crippen LogP) is 5.31. The number of hydrogen-bond donors (Lipinski definition) is 0. The Labute approximate surface area is 178 Å². The van der Waals surface area contributed by atoms with Gasteiger partial charge in [0.25, 0.3) is 0 Å². The van der Waals surface area contributed by atoms with E-state index in [2.05, 4.69) is 9.47 Å². The zero-order chi connectivity index (χ0) is 22.9. The molecule has 172 valence electrons. The first-order valence-corrected chi connectivity index (χ1v) is 9.76. The molecule has 0 radical (unpaired) electrons. The summed E-state index contributed by atoms with van der Waals surface area (Å²) in [6.45, 7) is -2.73. The summed E-state index contributed by atoms with van der Waals surface area (Å²) in [6, 6.07) is 13.4. The summed E-state index contributed by atoms with van der Waals surface area (Å²) < 4.78 is 77.2. The van der Waals surface area contributed by atoms with E-state index in [1.54, 1.807) is 49.3 Å². The van der Waals surface area contributed by atoms with E-state index < -0.39 is 19.1 Å². The van der Waals surface area contributed by atoms with Gasteiger partial charge in [-0.3, -0.25) is 4.74 Å². The molecule has 0 heterocycles. The number of hydrogen-bond acceptors (Lipinski definition) is 4. The van der Waals surface area contributed by atoms with Gasteiger partial charge in [0, 0.05) is 6.54 Å². The van der Waals surface area contributed by atoms with Crippen LogP contribution in [0.15, 0.2) is 48.5 Å². The van der Waals surface area contributed by atoms with Gasteiger partial charge in [-0.25, -0.2) is 0 Å². The Balaban J connectivity index is 2.00. The molecule has 0 aliphatic heterocycles. The highest BCUT2D eigenvalue weighted by molar-refractivity contribution is 5.35. The maximum absolute atomic E-state index is 12.7. The second kappa shape index (κ2) is 11.9. The van der Waals surface area contributed by atoms with Gasteiger partial charge in [0.15, 0.2) is 0 Å². The minimum absolute atomic E-state index is 0.0741. The molecule has 0 spiro atoms.